The van der Waals surface area contributed by atoms with Crippen LogP contribution >= 0.6 is 12.2 Å². The zero-order valence-corrected chi connectivity index (χ0v) is 22.1. The molecule has 0 aromatic heterocycles. The van der Waals surface area contributed by atoms with Crippen LogP contribution in [0.25, 0.3) is 0 Å². The molecule has 0 aromatic rings. The summed E-state index contributed by atoms with van der Waals surface area (Å²) in [6.45, 7) is 12.5. The number of nitrogens with one attached hydrogen (secondary N) is 1. The first-order valence-electron chi connectivity index (χ1n) is 13.5. The number of nitrogens with two attached hydrogens (primary N) is 1. The Balaban J connectivity index is 1.62. The van der Waals surface area contributed by atoms with E-state index in [2.05, 4.69) is 46.1 Å². The molecule has 4 heteroatoms. The third-order valence-corrected chi connectivity index (χ3v) is 10.5. The zero-order chi connectivity index (χ0) is 23.1. The number of hydrogen-bond acceptors (Lipinski definition) is 2. The Labute approximate surface area is 202 Å². The van der Waals surface area contributed by atoms with E-state index >= 15 is 0 Å². The normalized spacial score (nSPS) is 40.9. The summed E-state index contributed by atoms with van der Waals surface area (Å²) in [6, 6.07) is 0. The smallest absolute Gasteiger partial charge is 0.184 e. The maximum absolute atomic E-state index is 5.79. The quantitative estimate of drug-likeness (QED) is 0.327. The minimum Gasteiger partial charge on any atom is -0.375 e. The van der Waals surface area contributed by atoms with Crippen molar-refractivity contribution in [1.29, 1.82) is 0 Å². The molecule has 4 rings (SSSR count). The van der Waals surface area contributed by atoms with Gasteiger partial charge in [-0.15, -0.1) is 0 Å². The highest BCUT2D eigenvalue weighted by Crippen LogP contribution is 2.66. The Morgan fingerprint density at radius 3 is 2.62 bits per heavy atom. The summed E-state index contributed by atoms with van der Waals surface area (Å²) >= 11 is 5.11. The van der Waals surface area contributed by atoms with Crippen molar-refractivity contribution in [3.8, 4) is 0 Å². The molecule has 0 aromatic carbocycles. The molecule has 3 saturated carbocycles. The average Bonchev–Trinajstić information content (AvgIpc) is 3.08. The van der Waals surface area contributed by atoms with Crippen LogP contribution in [-0.2, 0) is 0 Å². The van der Waals surface area contributed by atoms with Gasteiger partial charge in [-0.3, -0.25) is 5.43 Å². The van der Waals surface area contributed by atoms with Gasteiger partial charge in [-0.2, -0.15) is 5.10 Å². The van der Waals surface area contributed by atoms with Crippen LogP contribution in [0.15, 0.2) is 16.8 Å². The van der Waals surface area contributed by atoms with Crippen LogP contribution in [-0.4, -0.2) is 10.8 Å². The van der Waals surface area contributed by atoms with E-state index in [0.29, 0.717) is 16.7 Å². The van der Waals surface area contributed by atoms with Gasteiger partial charge >= 0.3 is 0 Å². The molecule has 0 saturated heterocycles. The zero-order valence-electron chi connectivity index (χ0n) is 21.3. The number of nitrogens with zero attached hydrogens (tertiary/aromatic N) is 1. The fourth-order valence-corrected chi connectivity index (χ4v) is 8.75. The molecule has 0 amide bonds. The van der Waals surface area contributed by atoms with Gasteiger partial charge < -0.3 is 5.73 Å². The van der Waals surface area contributed by atoms with Gasteiger partial charge in [0, 0.05) is 5.92 Å². The largest absolute Gasteiger partial charge is 0.375 e. The molecule has 3 N–H and O–H groups in total. The molecular formula is C28H47N3S. The predicted molar refractivity (Wildman–Crippen MR) is 140 cm³/mol. The van der Waals surface area contributed by atoms with Gasteiger partial charge in [0.1, 0.15) is 0 Å². The van der Waals surface area contributed by atoms with Crippen molar-refractivity contribution in [2.75, 3.05) is 0 Å². The molecular weight excluding hydrogens is 410 g/mol. The number of hydrazone groups is 1. The molecule has 3 nitrogen and oxygen atoms in total. The van der Waals surface area contributed by atoms with Crippen LogP contribution in [0.3, 0.4) is 0 Å². The van der Waals surface area contributed by atoms with E-state index < -0.39 is 0 Å². The van der Waals surface area contributed by atoms with E-state index in [-0.39, 0.29) is 5.11 Å². The lowest BCUT2D eigenvalue weighted by Crippen LogP contribution is -2.53. The molecule has 0 spiro atoms. The van der Waals surface area contributed by atoms with Gasteiger partial charge in [0.05, 0.1) is 5.71 Å². The second kappa shape index (κ2) is 9.39. The molecule has 0 heterocycles. The number of rotatable bonds is 6. The van der Waals surface area contributed by atoms with Crippen LogP contribution in [0.5, 0.6) is 0 Å². The first-order valence-corrected chi connectivity index (χ1v) is 13.9. The van der Waals surface area contributed by atoms with Crippen molar-refractivity contribution in [3.05, 3.63) is 11.6 Å². The van der Waals surface area contributed by atoms with Gasteiger partial charge in [0.2, 0.25) is 0 Å². The summed E-state index contributed by atoms with van der Waals surface area (Å²) in [5.41, 5.74) is 12.5. The van der Waals surface area contributed by atoms with E-state index in [1.807, 2.05) is 0 Å². The minimum absolute atomic E-state index is 0.283. The van der Waals surface area contributed by atoms with Gasteiger partial charge in [0.15, 0.2) is 5.11 Å². The first-order chi connectivity index (χ1) is 15.2. The van der Waals surface area contributed by atoms with E-state index in [4.69, 9.17) is 23.1 Å². The maximum atomic E-state index is 5.79. The fraction of sp³-hybridized carbons (Fsp3) is 0.857. The molecule has 7 atom stereocenters. The Morgan fingerprint density at radius 2 is 1.91 bits per heavy atom. The molecule has 0 bridgehead atoms. The summed E-state index contributed by atoms with van der Waals surface area (Å²) in [5, 5.41) is 5.13. The lowest BCUT2D eigenvalue weighted by Gasteiger charge is -2.58. The SMILES string of the molecule is CC(C)CCC[C@@H](C)[C@H]1CC[C@H]2[C@@H]3/C(=N/NC(N)=S)C=C4CCCC[C@]4(C)[C@H]3CC[C@]12C. The van der Waals surface area contributed by atoms with Crippen LogP contribution in [0.4, 0.5) is 0 Å². The topological polar surface area (TPSA) is 50.4 Å². The first kappa shape index (κ1) is 24.2. The molecule has 4 aliphatic rings. The van der Waals surface area contributed by atoms with E-state index in [1.165, 1.54) is 76.3 Å². The van der Waals surface area contributed by atoms with Crippen molar-refractivity contribution < 1.29 is 0 Å². The number of hydrogen-bond donors (Lipinski definition) is 2. The molecule has 0 aliphatic heterocycles. The van der Waals surface area contributed by atoms with Crippen molar-refractivity contribution in [3.63, 3.8) is 0 Å². The summed E-state index contributed by atoms with van der Waals surface area (Å²) in [7, 11) is 0. The van der Waals surface area contributed by atoms with Crippen molar-refractivity contribution in [1.82, 2.24) is 5.43 Å². The Hall–Kier alpha value is -0.900. The fourth-order valence-electron chi connectivity index (χ4n) is 8.71. The molecule has 4 aliphatic carbocycles. The summed E-state index contributed by atoms with van der Waals surface area (Å²) in [4.78, 5) is 0. The molecule has 0 unspecified atom stereocenters. The lowest BCUT2D eigenvalue weighted by atomic mass is 9.46. The Kier molecular flexibility index (Phi) is 7.11. The second-order valence-corrected chi connectivity index (χ2v) is 13.0. The summed E-state index contributed by atoms with van der Waals surface area (Å²) in [6.07, 6.45) is 17.4. The number of thiocarbonyl (C=S) groups is 1. The third kappa shape index (κ3) is 4.30. The highest BCUT2D eigenvalue weighted by atomic mass is 32.1. The summed E-state index contributed by atoms with van der Waals surface area (Å²) < 4.78 is 0. The van der Waals surface area contributed by atoms with Crippen molar-refractivity contribution in [2.45, 2.75) is 105 Å². The van der Waals surface area contributed by atoms with Gasteiger partial charge in [0.25, 0.3) is 0 Å². The van der Waals surface area contributed by atoms with E-state index in [1.54, 1.807) is 5.57 Å². The highest BCUT2D eigenvalue weighted by Gasteiger charge is 2.60. The van der Waals surface area contributed by atoms with Crippen LogP contribution < -0.4 is 11.2 Å². The molecule has 180 valence electrons. The van der Waals surface area contributed by atoms with E-state index in [0.717, 1.165) is 29.6 Å². The predicted octanol–water partition coefficient (Wildman–Crippen LogP) is 7.22. The van der Waals surface area contributed by atoms with Gasteiger partial charge in [-0.25, -0.2) is 0 Å². The van der Waals surface area contributed by atoms with Crippen LogP contribution in [0, 0.1) is 46.3 Å². The van der Waals surface area contributed by atoms with Gasteiger partial charge in [-0.1, -0.05) is 65.9 Å². The number of allylic oxidation sites excluding steroid dienone is 2. The van der Waals surface area contributed by atoms with Gasteiger partial charge in [-0.05, 0) is 104 Å². The third-order valence-electron chi connectivity index (χ3n) is 10.4. The van der Waals surface area contributed by atoms with Crippen molar-refractivity contribution in [2.24, 2.45) is 57.2 Å². The Bertz CT molecular complexity index is 771. The Morgan fingerprint density at radius 1 is 1.12 bits per heavy atom. The van der Waals surface area contributed by atoms with Crippen molar-refractivity contribution >= 4 is 23.0 Å². The molecule has 32 heavy (non-hydrogen) atoms. The van der Waals surface area contributed by atoms with Crippen LogP contribution in [0.1, 0.15) is 105 Å². The minimum atomic E-state index is 0.283. The average molecular weight is 458 g/mol. The van der Waals surface area contributed by atoms with E-state index in [9.17, 15) is 0 Å². The maximum Gasteiger partial charge on any atom is 0.184 e. The lowest BCUT2D eigenvalue weighted by molar-refractivity contribution is -0.0215. The highest BCUT2D eigenvalue weighted by molar-refractivity contribution is 7.80. The van der Waals surface area contributed by atoms with Crippen LogP contribution in [0.2, 0.25) is 0 Å². The number of fused-ring (bicyclic) bond motifs is 5. The standard InChI is InChI=1S/C28H47N3S/c1-18(2)9-8-10-19(3)21-12-13-22-25-23(14-16-28(21,22)5)27(4)15-7-6-11-20(27)17-24(25)30-31-26(29)32/h17-19,21-23,25H,6-16H2,1-5H3,(H3,29,31,32)/b30-24+/t19-,21-,22+,23+,25+,27+,28-/m1/s1. The molecule has 0 radical (unpaired) electrons. The molecule has 3 fully saturated rings. The second-order valence-electron chi connectivity index (χ2n) is 12.6. The summed E-state index contributed by atoms with van der Waals surface area (Å²) in [5.74, 6) is 4.52. The monoisotopic (exact) mass is 457 g/mol.